The Morgan fingerprint density at radius 3 is 2.31 bits per heavy atom. The number of aliphatic hydroxyl groups is 1. The maximum atomic E-state index is 14.1. The zero-order valence-corrected chi connectivity index (χ0v) is 14.0. The Labute approximate surface area is 149 Å². The first kappa shape index (κ1) is 16.7. The lowest BCUT2D eigenvalue weighted by Gasteiger charge is -2.38. The summed E-state index contributed by atoms with van der Waals surface area (Å²) in [6, 6.07) is 11.1. The third-order valence-electron chi connectivity index (χ3n) is 4.92. The molecule has 0 amide bonds. The van der Waals surface area contributed by atoms with Gasteiger partial charge in [0.25, 0.3) is 0 Å². The van der Waals surface area contributed by atoms with E-state index < -0.39 is 17.2 Å². The van der Waals surface area contributed by atoms with Gasteiger partial charge in [-0.2, -0.15) is 4.98 Å². The molecule has 1 aliphatic rings. The van der Waals surface area contributed by atoms with Crippen molar-refractivity contribution < 1.29 is 13.9 Å². The lowest BCUT2D eigenvalue weighted by atomic mass is 9.84. The first-order valence-corrected chi connectivity index (χ1v) is 8.42. The van der Waals surface area contributed by atoms with Gasteiger partial charge in [0.1, 0.15) is 17.5 Å². The van der Waals surface area contributed by atoms with Crippen LogP contribution in [0.3, 0.4) is 0 Å². The van der Waals surface area contributed by atoms with Crippen molar-refractivity contribution in [2.75, 3.05) is 23.7 Å². The molecule has 0 radical (unpaired) electrons. The molecular weight excluding hydrogens is 338 g/mol. The number of nitrogen functional groups attached to an aromatic ring is 1. The van der Waals surface area contributed by atoms with Gasteiger partial charge in [-0.25, -0.2) is 13.8 Å². The standard InChI is InChI=1S/C19H18F2N4O/c20-13-5-3-6-14(21)16(13)19(26)8-10-25(11-9-19)18-23-15-7-2-1-4-12(15)17(22)24-18/h1-7,26H,8-11H2,(H2,22,23,24). The Hall–Kier alpha value is -2.80. The number of halogens is 2. The molecule has 1 saturated heterocycles. The molecule has 2 aromatic carbocycles. The van der Waals surface area contributed by atoms with E-state index in [1.807, 2.05) is 29.2 Å². The quantitative estimate of drug-likeness (QED) is 0.738. The van der Waals surface area contributed by atoms with Gasteiger partial charge < -0.3 is 15.7 Å². The van der Waals surface area contributed by atoms with Crippen molar-refractivity contribution in [2.24, 2.45) is 0 Å². The van der Waals surface area contributed by atoms with Crippen molar-refractivity contribution in [3.05, 3.63) is 59.7 Å². The number of nitrogens with two attached hydrogens (primary N) is 1. The third kappa shape index (κ3) is 2.74. The van der Waals surface area contributed by atoms with E-state index in [2.05, 4.69) is 9.97 Å². The van der Waals surface area contributed by atoms with Crippen LogP contribution in [0.1, 0.15) is 18.4 Å². The predicted octanol–water partition coefficient (Wildman–Crippen LogP) is 2.98. The zero-order chi connectivity index (χ0) is 18.3. The van der Waals surface area contributed by atoms with Crippen molar-refractivity contribution in [1.29, 1.82) is 0 Å². The van der Waals surface area contributed by atoms with Crippen LogP contribution in [0.5, 0.6) is 0 Å². The van der Waals surface area contributed by atoms with Crippen LogP contribution in [0.25, 0.3) is 10.9 Å². The van der Waals surface area contributed by atoms with Gasteiger partial charge in [-0.3, -0.25) is 0 Å². The molecule has 0 saturated carbocycles. The van der Waals surface area contributed by atoms with Gasteiger partial charge in [0, 0.05) is 18.5 Å². The number of anilines is 2. The number of rotatable bonds is 2. The van der Waals surface area contributed by atoms with Crippen molar-refractivity contribution in [3.63, 3.8) is 0 Å². The number of hydrogen-bond donors (Lipinski definition) is 2. The molecule has 7 heteroatoms. The van der Waals surface area contributed by atoms with Crippen LogP contribution in [0, 0.1) is 11.6 Å². The first-order valence-electron chi connectivity index (χ1n) is 8.42. The molecule has 3 aromatic rings. The average molecular weight is 356 g/mol. The summed E-state index contributed by atoms with van der Waals surface area (Å²) < 4.78 is 28.1. The Morgan fingerprint density at radius 2 is 1.62 bits per heavy atom. The van der Waals surface area contributed by atoms with Crippen LogP contribution in [0.15, 0.2) is 42.5 Å². The molecule has 1 aliphatic heterocycles. The fourth-order valence-electron chi connectivity index (χ4n) is 3.50. The summed E-state index contributed by atoms with van der Waals surface area (Å²) >= 11 is 0. The van der Waals surface area contributed by atoms with Gasteiger partial charge in [0.05, 0.1) is 16.7 Å². The van der Waals surface area contributed by atoms with E-state index in [-0.39, 0.29) is 18.4 Å². The number of piperidine rings is 1. The number of para-hydroxylation sites is 1. The summed E-state index contributed by atoms with van der Waals surface area (Å²) in [6.45, 7) is 0.726. The minimum absolute atomic E-state index is 0.168. The molecule has 0 aliphatic carbocycles. The van der Waals surface area contributed by atoms with Gasteiger partial charge in [-0.15, -0.1) is 0 Å². The van der Waals surface area contributed by atoms with Gasteiger partial charge in [0.15, 0.2) is 0 Å². The highest BCUT2D eigenvalue weighted by atomic mass is 19.1. The minimum atomic E-state index is -1.55. The van der Waals surface area contributed by atoms with Gasteiger partial charge >= 0.3 is 0 Å². The molecule has 1 aromatic heterocycles. The molecule has 4 rings (SSSR count). The Kier molecular flexibility index (Phi) is 3.96. The Balaban J connectivity index is 1.61. The second-order valence-electron chi connectivity index (χ2n) is 6.54. The largest absolute Gasteiger partial charge is 0.385 e. The highest BCUT2D eigenvalue weighted by molar-refractivity contribution is 5.88. The highest BCUT2D eigenvalue weighted by Gasteiger charge is 2.39. The zero-order valence-electron chi connectivity index (χ0n) is 14.0. The fourth-order valence-corrected chi connectivity index (χ4v) is 3.50. The Bertz CT molecular complexity index is 951. The molecule has 3 N–H and O–H groups in total. The summed E-state index contributed by atoms with van der Waals surface area (Å²) in [7, 11) is 0. The van der Waals surface area contributed by atoms with Crippen LogP contribution in [0.4, 0.5) is 20.5 Å². The molecule has 0 bridgehead atoms. The Morgan fingerprint density at radius 1 is 0.962 bits per heavy atom. The monoisotopic (exact) mass is 356 g/mol. The predicted molar refractivity (Wildman–Crippen MR) is 95.7 cm³/mol. The van der Waals surface area contributed by atoms with E-state index in [1.54, 1.807) is 0 Å². The van der Waals surface area contributed by atoms with Crippen molar-refractivity contribution >= 4 is 22.7 Å². The van der Waals surface area contributed by atoms with Crippen molar-refractivity contribution in [2.45, 2.75) is 18.4 Å². The molecule has 26 heavy (non-hydrogen) atoms. The molecule has 2 heterocycles. The van der Waals surface area contributed by atoms with E-state index in [0.29, 0.717) is 24.9 Å². The molecule has 134 valence electrons. The number of hydrogen-bond acceptors (Lipinski definition) is 5. The smallest absolute Gasteiger partial charge is 0.227 e. The molecule has 0 spiro atoms. The van der Waals surface area contributed by atoms with E-state index in [9.17, 15) is 13.9 Å². The molecule has 1 fully saturated rings. The maximum Gasteiger partial charge on any atom is 0.227 e. The summed E-state index contributed by atoms with van der Waals surface area (Å²) in [6.07, 6.45) is 0.335. The lowest BCUT2D eigenvalue weighted by Crippen LogP contribution is -2.44. The fraction of sp³-hybridized carbons (Fsp3) is 0.263. The second-order valence-corrected chi connectivity index (χ2v) is 6.54. The summed E-state index contributed by atoms with van der Waals surface area (Å²) in [4.78, 5) is 10.7. The van der Waals surface area contributed by atoms with Crippen molar-refractivity contribution in [3.8, 4) is 0 Å². The average Bonchev–Trinajstić information content (AvgIpc) is 2.62. The highest BCUT2D eigenvalue weighted by Crippen LogP contribution is 2.37. The normalized spacial score (nSPS) is 16.8. The number of fused-ring (bicyclic) bond motifs is 1. The molecule has 0 atom stereocenters. The van der Waals surface area contributed by atoms with Crippen molar-refractivity contribution in [1.82, 2.24) is 9.97 Å². The maximum absolute atomic E-state index is 14.1. The van der Waals surface area contributed by atoms with Crippen LogP contribution >= 0.6 is 0 Å². The lowest BCUT2D eigenvalue weighted by molar-refractivity contribution is 0.00482. The van der Waals surface area contributed by atoms with Crippen LogP contribution < -0.4 is 10.6 Å². The van der Waals surface area contributed by atoms with E-state index in [0.717, 1.165) is 23.0 Å². The van der Waals surface area contributed by atoms with Gasteiger partial charge in [0.2, 0.25) is 5.95 Å². The van der Waals surface area contributed by atoms with Crippen LogP contribution in [0.2, 0.25) is 0 Å². The molecule has 0 unspecified atom stereocenters. The number of nitrogens with zero attached hydrogens (tertiary/aromatic N) is 3. The SMILES string of the molecule is Nc1nc(N2CCC(O)(c3c(F)cccc3F)CC2)nc2ccccc12. The molecular formula is C19H18F2N4O. The topological polar surface area (TPSA) is 75.3 Å². The summed E-state index contributed by atoms with van der Waals surface area (Å²) in [5.74, 6) is -0.622. The second kappa shape index (κ2) is 6.17. The minimum Gasteiger partial charge on any atom is -0.385 e. The molecule has 5 nitrogen and oxygen atoms in total. The summed E-state index contributed by atoms with van der Waals surface area (Å²) in [5, 5.41) is 11.6. The van der Waals surface area contributed by atoms with Gasteiger partial charge in [-0.1, -0.05) is 18.2 Å². The van der Waals surface area contributed by atoms with E-state index in [4.69, 9.17) is 5.73 Å². The van der Waals surface area contributed by atoms with E-state index >= 15 is 0 Å². The number of aromatic nitrogens is 2. The first-order chi connectivity index (χ1) is 12.5. The van der Waals surface area contributed by atoms with Crippen LogP contribution in [-0.2, 0) is 5.60 Å². The number of benzene rings is 2. The van der Waals surface area contributed by atoms with E-state index in [1.165, 1.54) is 6.07 Å². The third-order valence-corrected chi connectivity index (χ3v) is 4.92. The summed E-state index contributed by atoms with van der Waals surface area (Å²) in [5.41, 5.74) is 4.94. The van der Waals surface area contributed by atoms with Gasteiger partial charge in [-0.05, 0) is 37.1 Å². The van der Waals surface area contributed by atoms with Crippen LogP contribution in [-0.4, -0.2) is 28.2 Å².